The maximum Gasteiger partial charge on any atom is 0.337 e. The molecule has 0 aromatic heterocycles. The van der Waals surface area contributed by atoms with Crippen molar-refractivity contribution in [2.75, 3.05) is 14.2 Å². The van der Waals surface area contributed by atoms with Gasteiger partial charge in [-0.15, -0.1) is 0 Å². The molecule has 0 amide bonds. The van der Waals surface area contributed by atoms with Crippen molar-refractivity contribution in [3.8, 4) is 5.75 Å². The largest absolute Gasteiger partial charge is 0.496 e. The summed E-state index contributed by atoms with van der Waals surface area (Å²) in [5, 5.41) is 0. The van der Waals surface area contributed by atoms with Crippen molar-refractivity contribution in [2.45, 2.75) is 6.42 Å². The van der Waals surface area contributed by atoms with Crippen LogP contribution in [0.4, 0.5) is 0 Å². The fourth-order valence-corrected chi connectivity index (χ4v) is 1.98. The number of carbonyl (C=O) groups is 1. The highest BCUT2D eigenvalue weighted by Crippen LogP contribution is 2.23. The molecule has 0 saturated heterocycles. The monoisotopic (exact) mass is 256 g/mol. The number of rotatable bonds is 4. The summed E-state index contributed by atoms with van der Waals surface area (Å²) in [5.41, 5.74) is 2.67. The first-order valence-electron chi connectivity index (χ1n) is 6.03. The van der Waals surface area contributed by atoms with E-state index in [9.17, 15) is 4.79 Å². The zero-order valence-corrected chi connectivity index (χ0v) is 11.1. The van der Waals surface area contributed by atoms with Gasteiger partial charge in [-0.25, -0.2) is 4.79 Å². The quantitative estimate of drug-likeness (QED) is 0.789. The first-order chi connectivity index (χ1) is 9.24. The van der Waals surface area contributed by atoms with Crippen LogP contribution < -0.4 is 4.74 Å². The summed E-state index contributed by atoms with van der Waals surface area (Å²) in [6, 6.07) is 15.4. The molecule has 2 aromatic rings. The molecule has 0 aliphatic carbocycles. The van der Waals surface area contributed by atoms with Gasteiger partial charge in [0.2, 0.25) is 0 Å². The lowest BCUT2D eigenvalue weighted by molar-refractivity contribution is 0.0600. The molecule has 0 spiro atoms. The molecule has 0 unspecified atom stereocenters. The number of hydrogen-bond acceptors (Lipinski definition) is 3. The molecule has 98 valence electrons. The molecule has 0 bridgehead atoms. The Morgan fingerprint density at radius 3 is 2.42 bits per heavy atom. The van der Waals surface area contributed by atoms with Gasteiger partial charge in [0.25, 0.3) is 0 Å². The molecule has 2 rings (SSSR count). The molecule has 0 fully saturated rings. The van der Waals surface area contributed by atoms with Crippen molar-refractivity contribution in [2.24, 2.45) is 0 Å². The molecule has 0 radical (unpaired) electrons. The maximum atomic E-state index is 11.6. The second kappa shape index (κ2) is 6.05. The van der Waals surface area contributed by atoms with E-state index in [2.05, 4.69) is 0 Å². The summed E-state index contributed by atoms with van der Waals surface area (Å²) < 4.78 is 10.1. The summed E-state index contributed by atoms with van der Waals surface area (Å²) >= 11 is 0. The lowest BCUT2D eigenvalue weighted by atomic mass is 10.0. The van der Waals surface area contributed by atoms with E-state index in [1.165, 1.54) is 12.7 Å². The van der Waals surface area contributed by atoms with Gasteiger partial charge in [-0.1, -0.05) is 30.3 Å². The van der Waals surface area contributed by atoms with Crippen LogP contribution in [0.25, 0.3) is 0 Å². The Hall–Kier alpha value is -2.29. The highest BCUT2D eigenvalue weighted by atomic mass is 16.5. The van der Waals surface area contributed by atoms with E-state index in [1.54, 1.807) is 19.2 Å². The minimum absolute atomic E-state index is 0.336. The Bertz CT molecular complexity index is 561. The molecule has 0 heterocycles. The van der Waals surface area contributed by atoms with Gasteiger partial charge in [0.15, 0.2) is 0 Å². The van der Waals surface area contributed by atoms with E-state index < -0.39 is 0 Å². The molecule has 19 heavy (non-hydrogen) atoms. The van der Waals surface area contributed by atoms with Crippen LogP contribution in [0.5, 0.6) is 5.75 Å². The van der Waals surface area contributed by atoms with E-state index in [0.717, 1.165) is 17.7 Å². The van der Waals surface area contributed by atoms with Crippen LogP contribution in [-0.4, -0.2) is 20.2 Å². The molecular formula is C16H16O3. The van der Waals surface area contributed by atoms with Gasteiger partial charge in [0, 0.05) is 6.42 Å². The zero-order valence-electron chi connectivity index (χ0n) is 11.1. The van der Waals surface area contributed by atoms with Gasteiger partial charge in [0.1, 0.15) is 5.75 Å². The van der Waals surface area contributed by atoms with Crippen LogP contribution in [0.3, 0.4) is 0 Å². The van der Waals surface area contributed by atoms with Gasteiger partial charge >= 0.3 is 5.97 Å². The second-order valence-electron chi connectivity index (χ2n) is 4.18. The van der Waals surface area contributed by atoms with E-state index in [0.29, 0.717) is 5.56 Å². The summed E-state index contributed by atoms with van der Waals surface area (Å²) in [6.07, 6.45) is 0.717. The summed E-state index contributed by atoms with van der Waals surface area (Å²) in [4.78, 5) is 11.6. The van der Waals surface area contributed by atoms with Gasteiger partial charge in [-0.05, 0) is 29.3 Å². The summed E-state index contributed by atoms with van der Waals surface area (Å²) in [5.74, 6) is 0.438. The Morgan fingerprint density at radius 2 is 1.79 bits per heavy atom. The topological polar surface area (TPSA) is 35.5 Å². The SMILES string of the molecule is COC(=O)c1ccc(OC)c(Cc2ccccc2)c1. The predicted molar refractivity (Wildman–Crippen MR) is 73.6 cm³/mol. The minimum atomic E-state index is -0.336. The van der Waals surface area contributed by atoms with Crippen LogP contribution in [0.2, 0.25) is 0 Å². The van der Waals surface area contributed by atoms with Crippen molar-refractivity contribution >= 4 is 5.97 Å². The van der Waals surface area contributed by atoms with Crippen molar-refractivity contribution in [1.29, 1.82) is 0 Å². The number of esters is 1. The number of benzene rings is 2. The molecule has 0 aliphatic rings. The Morgan fingerprint density at radius 1 is 1.05 bits per heavy atom. The standard InChI is InChI=1S/C16H16O3/c1-18-15-9-8-13(16(17)19-2)11-14(15)10-12-6-4-3-5-7-12/h3-9,11H,10H2,1-2H3. The van der Waals surface area contributed by atoms with Crippen LogP contribution in [0.15, 0.2) is 48.5 Å². The third-order valence-corrected chi connectivity index (χ3v) is 2.94. The third kappa shape index (κ3) is 3.13. The van der Waals surface area contributed by atoms with E-state index in [1.807, 2.05) is 36.4 Å². The van der Waals surface area contributed by atoms with Gasteiger partial charge in [-0.3, -0.25) is 0 Å². The van der Waals surface area contributed by atoms with Crippen molar-refractivity contribution in [3.63, 3.8) is 0 Å². The minimum Gasteiger partial charge on any atom is -0.496 e. The number of ether oxygens (including phenoxy) is 2. The second-order valence-corrected chi connectivity index (χ2v) is 4.18. The fourth-order valence-electron chi connectivity index (χ4n) is 1.98. The molecule has 0 aliphatic heterocycles. The van der Waals surface area contributed by atoms with Gasteiger partial charge < -0.3 is 9.47 Å². The number of carbonyl (C=O) groups excluding carboxylic acids is 1. The first-order valence-corrected chi connectivity index (χ1v) is 6.03. The van der Waals surface area contributed by atoms with Crippen LogP contribution >= 0.6 is 0 Å². The molecular weight excluding hydrogens is 240 g/mol. The Labute approximate surface area is 112 Å². The lowest BCUT2D eigenvalue weighted by Gasteiger charge is -2.10. The summed E-state index contributed by atoms with van der Waals surface area (Å²) in [7, 11) is 3.01. The summed E-state index contributed by atoms with van der Waals surface area (Å²) in [6.45, 7) is 0. The number of methoxy groups -OCH3 is 2. The average Bonchev–Trinajstić information content (AvgIpc) is 2.47. The van der Waals surface area contributed by atoms with Crippen molar-refractivity contribution in [1.82, 2.24) is 0 Å². The fraction of sp³-hybridized carbons (Fsp3) is 0.188. The van der Waals surface area contributed by atoms with Gasteiger partial charge in [0.05, 0.1) is 19.8 Å². The normalized spacial score (nSPS) is 10.0. The molecule has 0 atom stereocenters. The van der Waals surface area contributed by atoms with Crippen LogP contribution in [-0.2, 0) is 11.2 Å². The average molecular weight is 256 g/mol. The molecule has 0 N–H and O–H groups in total. The molecule has 3 nitrogen and oxygen atoms in total. The number of hydrogen-bond donors (Lipinski definition) is 0. The molecule has 0 saturated carbocycles. The van der Waals surface area contributed by atoms with Crippen molar-refractivity contribution in [3.05, 3.63) is 65.2 Å². The first kappa shape index (κ1) is 13.1. The van der Waals surface area contributed by atoms with E-state index in [4.69, 9.17) is 9.47 Å². The highest BCUT2D eigenvalue weighted by molar-refractivity contribution is 5.89. The third-order valence-electron chi connectivity index (χ3n) is 2.94. The van der Waals surface area contributed by atoms with Gasteiger partial charge in [-0.2, -0.15) is 0 Å². The van der Waals surface area contributed by atoms with Crippen LogP contribution in [0.1, 0.15) is 21.5 Å². The van der Waals surface area contributed by atoms with E-state index in [-0.39, 0.29) is 5.97 Å². The maximum absolute atomic E-state index is 11.6. The smallest absolute Gasteiger partial charge is 0.337 e. The lowest BCUT2D eigenvalue weighted by Crippen LogP contribution is -2.03. The molecule has 2 aromatic carbocycles. The Balaban J connectivity index is 2.34. The van der Waals surface area contributed by atoms with Crippen molar-refractivity contribution < 1.29 is 14.3 Å². The van der Waals surface area contributed by atoms with E-state index >= 15 is 0 Å². The van der Waals surface area contributed by atoms with Crippen LogP contribution in [0, 0.1) is 0 Å². The predicted octanol–water partition coefficient (Wildman–Crippen LogP) is 3.07. The molecule has 3 heteroatoms. The highest BCUT2D eigenvalue weighted by Gasteiger charge is 2.10. The zero-order chi connectivity index (χ0) is 13.7. The Kier molecular flexibility index (Phi) is 4.18.